The molecule has 19 heavy (non-hydrogen) atoms. The van der Waals surface area contributed by atoms with Crippen LogP contribution < -0.4 is 10.5 Å². The van der Waals surface area contributed by atoms with Gasteiger partial charge in [0.1, 0.15) is 12.4 Å². The molecule has 1 aliphatic heterocycles. The molecule has 1 aromatic carbocycles. The number of hydrogen-bond donors (Lipinski definition) is 1. The number of halogens is 1. The first-order valence-corrected chi connectivity index (χ1v) is 7.40. The standard InChI is InChI=1S/C15H20ClNO2/c16-11-3-4-13(17)14(9-11)18-10-12-5-8-15(19-12)6-1-2-7-15/h3-4,9,12H,1-2,5-8,10,17H2. The lowest BCUT2D eigenvalue weighted by Gasteiger charge is -2.23. The van der Waals surface area contributed by atoms with Gasteiger partial charge in [-0.25, -0.2) is 0 Å². The first kappa shape index (κ1) is 13.1. The zero-order chi connectivity index (χ0) is 13.3. The molecule has 1 unspecified atom stereocenters. The minimum atomic E-state index is 0.161. The fraction of sp³-hybridized carbons (Fsp3) is 0.600. The van der Waals surface area contributed by atoms with Gasteiger partial charge in [0.25, 0.3) is 0 Å². The second kappa shape index (κ2) is 5.22. The van der Waals surface area contributed by atoms with Gasteiger partial charge in [0.2, 0.25) is 0 Å². The van der Waals surface area contributed by atoms with E-state index < -0.39 is 0 Å². The van der Waals surface area contributed by atoms with E-state index in [2.05, 4.69) is 0 Å². The molecule has 4 heteroatoms. The molecule has 1 saturated carbocycles. The van der Waals surface area contributed by atoms with Crippen molar-refractivity contribution in [2.24, 2.45) is 0 Å². The highest BCUT2D eigenvalue weighted by Crippen LogP contribution is 2.43. The van der Waals surface area contributed by atoms with Crippen LogP contribution in [-0.4, -0.2) is 18.3 Å². The molecule has 2 fully saturated rings. The van der Waals surface area contributed by atoms with E-state index >= 15 is 0 Å². The van der Waals surface area contributed by atoms with Gasteiger partial charge in [-0.2, -0.15) is 0 Å². The van der Waals surface area contributed by atoms with E-state index in [4.69, 9.17) is 26.8 Å². The number of ether oxygens (including phenoxy) is 2. The summed E-state index contributed by atoms with van der Waals surface area (Å²) in [6, 6.07) is 5.30. The number of hydrogen-bond acceptors (Lipinski definition) is 3. The van der Waals surface area contributed by atoms with Crippen molar-refractivity contribution in [2.45, 2.75) is 50.2 Å². The predicted molar refractivity (Wildman–Crippen MR) is 76.7 cm³/mol. The SMILES string of the molecule is Nc1ccc(Cl)cc1OCC1CCC2(CCCC2)O1. The van der Waals surface area contributed by atoms with E-state index in [9.17, 15) is 0 Å². The zero-order valence-corrected chi connectivity index (χ0v) is 11.8. The molecule has 0 amide bonds. The summed E-state index contributed by atoms with van der Waals surface area (Å²) in [5, 5.41) is 0.642. The minimum Gasteiger partial charge on any atom is -0.489 e. The van der Waals surface area contributed by atoms with Gasteiger partial charge < -0.3 is 15.2 Å². The summed E-state index contributed by atoms with van der Waals surface area (Å²) in [6.07, 6.45) is 7.47. The summed E-state index contributed by atoms with van der Waals surface area (Å²) < 4.78 is 12.0. The van der Waals surface area contributed by atoms with E-state index in [1.54, 1.807) is 18.2 Å². The molecule has 2 N–H and O–H groups in total. The number of anilines is 1. The molecular formula is C15H20ClNO2. The van der Waals surface area contributed by atoms with Gasteiger partial charge in [0.05, 0.1) is 17.4 Å². The van der Waals surface area contributed by atoms with E-state index in [-0.39, 0.29) is 11.7 Å². The average molecular weight is 282 g/mol. The number of nitrogen functional groups attached to an aromatic ring is 1. The van der Waals surface area contributed by atoms with Crippen molar-refractivity contribution in [3.8, 4) is 5.75 Å². The van der Waals surface area contributed by atoms with Gasteiger partial charge >= 0.3 is 0 Å². The summed E-state index contributed by atoms with van der Waals surface area (Å²) in [6.45, 7) is 0.562. The van der Waals surface area contributed by atoms with Gasteiger partial charge in [-0.05, 0) is 37.8 Å². The van der Waals surface area contributed by atoms with Gasteiger partial charge in [-0.15, -0.1) is 0 Å². The summed E-state index contributed by atoms with van der Waals surface area (Å²) in [4.78, 5) is 0. The first-order valence-electron chi connectivity index (χ1n) is 7.03. The van der Waals surface area contributed by atoms with Crippen LogP contribution in [0.5, 0.6) is 5.75 Å². The van der Waals surface area contributed by atoms with Crippen LogP contribution in [0.15, 0.2) is 18.2 Å². The molecule has 2 aliphatic rings. The summed E-state index contributed by atoms with van der Waals surface area (Å²) in [7, 11) is 0. The molecule has 104 valence electrons. The summed E-state index contributed by atoms with van der Waals surface area (Å²) in [5.74, 6) is 0.656. The molecule has 0 bridgehead atoms. The highest BCUT2D eigenvalue weighted by Gasteiger charge is 2.42. The maximum absolute atomic E-state index is 6.20. The van der Waals surface area contributed by atoms with Crippen molar-refractivity contribution in [2.75, 3.05) is 12.3 Å². The molecule has 1 saturated heterocycles. The Bertz CT molecular complexity index is 457. The molecule has 0 aromatic heterocycles. The van der Waals surface area contributed by atoms with E-state index in [0.29, 0.717) is 23.1 Å². The van der Waals surface area contributed by atoms with E-state index in [1.165, 1.54) is 32.1 Å². The fourth-order valence-corrected chi connectivity index (χ4v) is 3.38. The Labute approximate surface area is 119 Å². The largest absolute Gasteiger partial charge is 0.489 e. The van der Waals surface area contributed by atoms with Gasteiger partial charge in [-0.1, -0.05) is 24.4 Å². The Morgan fingerprint density at radius 3 is 2.89 bits per heavy atom. The average Bonchev–Trinajstić information content (AvgIpc) is 3.02. The highest BCUT2D eigenvalue weighted by atomic mass is 35.5. The zero-order valence-electron chi connectivity index (χ0n) is 11.0. The van der Waals surface area contributed by atoms with Crippen molar-refractivity contribution in [3.05, 3.63) is 23.2 Å². The molecule has 1 heterocycles. The first-order chi connectivity index (χ1) is 9.17. The quantitative estimate of drug-likeness (QED) is 0.857. The van der Waals surface area contributed by atoms with Crippen LogP contribution in [0.2, 0.25) is 5.02 Å². The molecule has 1 spiro atoms. The highest BCUT2D eigenvalue weighted by molar-refractivity contribution is 6.30. The van der Waals surface area contributed by atoms with Crippen molar-refractivity contribution >= 4 is 17.3 Å². The molecule has 1 aliphatic carbocycles. The Morgan fingerprint density at radius 1 is 1.32 bits per heavy atom. The maximum atomic E-state index is 6.20. The predicted octanol–water partition coefficient (Wildman–Crippen LogP) is 3.79. The third kappa shape index (κ3) is 2.82. The van der Waals surface area contributed by atoms with Crippen molar-refractivity contribution < 1.29 is 9.47 Å². The van der Waals surface area contributed by atoms with Crippen LogP contribution in [0.3, 0.4) is 0 Å². The molecule has 3 nitrogen and oxygen atoms in total. The van der Waals surface area contributed by atoms with Crippen LogP contribution in [0.1, 0.15) is 38.5 Å². The smallest absolute Gasteiger partial charge is 0.143 e. The fourth-order valence-electron chi connectivity index (χ4n) is 3.22. The Morgan fingerprint density at radius 2 is 2.11 bits per heavy atom. The van der Waals surface area contributed by atoms with Crippen LogP contribution in [0.4, 0.5) is 5.69 Å². The number of benzene rings is 1. The van der Waals surface area contributed by atoms with E-state index in [0.717, 1.165) is 6.42 Å². The lowest BCUT2D eigenvalue weighted by atomic mass is 9.98. The van der Waals surface area contributed by atoms with Gasteiger partial charge in [-0.3, -0.25) is 0 Å². The van der Waals surface area contributed by atoms with Crippen molar-refractivity contribution in [1.82, 2.24) is 0 Å². The maximum Gasteiger partial charge on any atom is 0.143 e. The van der Waals surface area contributed by atoms with E-state index in [1.807, 2.05) is 0 Å². The second-order valence-corrected chi connectivity index (χ2v) is 6.10. The van der Waals surface area contributed by atoms with Crippen LogP contribution in [-0.2, 0) is 4.74 Å². The number of nitrogens with two attached hydrogens (primary N) is 1. The molecule has 1 atom stereocenters. The number of rotatable bonds is 3. The third-order valence-electron chi connectivity index (χ3n) is 4.25. The summed E-state index contributed by atoms with van der Waals surface area (Å²) in [5.41, 5.74) is 6.65. The Kier molecular flexibility index (Phi) is 3.59. The molecule has 1 aromatic rings. The van der Waals surface area contributed by atoms with Crippen LogP contribution >= 0.6 is 11.6 Å². The monoisotopic (exact) mass is 281 g/mol. The Hall–Kier alpha value is -0.930. The van der Waals surface area contributed by atoms with Crippen LogP contribution in [0, 0.1) is 0 Å². The lowest BCUT2D eigenvalue weighted by Crippen LogP contribution is -2.27. The van der Waals surface area contributed by atoms with Crippen molar-refractivity contribution in [1.29, 1.82) is 0 Å². The molecule has 0 radical (unpaired) electrons. The van der Waals surface area contributed by atoms with Crippen molar-refractivity contribution in [3.63, 3.8) is 0 Å². The van der Waals surface area contributed by atoms with Gasteiger partial charge in [0.15, 0.2) is 0 Å². The normalized spacial score (nSPS) is 25.0. The third-order valence-corrected chi connectivity index (χ3v) is 4.49. The van der Waals surface area contributed by atoms with Gasteiger partial charge in [0, 0.05) is 11.1 Å². The summed E-state index contributed by atoms with van der Waals surface area (Å²) >= 11 is 5.94. The lowest BCUT2D eigenvalue weighted by molar-refractivity contribution is -0.0507. The Balaban J connectivity index is 1.57. The molecular weight excluding hydrogens is 262 g/mol. The van der Waals surface area contributed by atoms with Crippen LogP contribution in [0.25, 0.3) is 0 Å². The topological polar surface area (TPSA) is 44.5 Å². The minimum absolute atomic E-state index is 0.161. The second-order valence-electron chi connectivity index (χ2n) is 5.66. The molecule has 3 rings (SSSR count).